The Labute approximate surface area is 150 Å². The van der Waals surface area contributed by atoms with E-state index in [1.54, 1.807) is 24.3 Å². The zero-order valence-electron chi connectivity index (χ0n) is 13.8. The van der Waals surface area contributed by atoms with E-state index in [9.17, 15) is 14.9 Å². The zero-order valence-corrected chi connectivity index (χ0v) is 14.6. The predicted octanol–water partition coefficient (Wildman–Crippen LogP) is 3.26. The zero-order chi connectivity index (χ0) is 17.6. The molecular formula is C19H19N3O2S. The van der Waals surface area contributed by atoms with Crippen molar-refractivity contribution in [2.24, 2.45) is 0 Å². The average Bonchev–Trinajstić information content (AvgIpc) is 2.99. The summed E-state index contributed by atoms with van der Waals surface area (Å²) < 4.78 is 0. The Hall–Kier alpha value is -2.65. The van der Waals surface area contributed by atoms with Crippen LogP contribution in [0.15, 0.2) is 30.3 Å². The maximum absolute atomic E-state index is 12.1. The van der Waals surface area contributed by atoms with Crippen LogP contribution in [0.1, 0.15) is 45.6 Å². The Morgan fingerprint density at radius 2 is 1.92 bits per heavy atom. The molecule has 2 N–H and O–H groups in total. The lowest BCUT2D eigenvalue weighted by Gasteiger charge is -2.09. The fraction of sp³-hybridized carbons (Fsp3) is 0.316. The van der Waals surface area contributed by atoms with Crippen molar-refractivity contribution in [3.05, 3.63) is 51.9 Å². The number of fused-ring (bicyclic) bond motifs is 1. The van der Waals surface area contributed by atoms with Gasteiger partial charge in [-0.05, 0) is 43.4 Å². The Bertz CT molecular complexity index is 821. The molecule has 3 rings (SSSR count). The van der Waals surface area contributed by atoms with Gasteiger partial charge in [0.1, 0.15) is 11.1 Å². The molecule has 2 amide bonds. The summed E-state index contributed by atoms with van der Waals surface area (Å²) >= 11 is 1.51. The average molecular weight is 353 g/mol. The molecule has 0 unspecified atom stereocenters. The maximum atomic E-state index is 12.1. The Kier molecular flexibility index (Phi) is 5.46. The van der Waals surface area contributed by atoms with Gasteiger partial charge in [0.05, 0.1) is 5.56 Å². The van der Waals surface area contributed by atoms with Crippen molar-refractivity contribution in [3.8, 4) is 6.07 Å². The summed E-state index contributed by atoms with van der Waals surface area (Å²) in [5.41, 5.74) is 2.29. The molecule has 1 heterocycles. The molecule has 1 aliphatic rings. The number of carbonyl (C=O) groups is 2. The van der Waals surface area contributed by atoms with E-state index < -0.39 is 0 Å². The summed E-state index contributed by atoms with van der Waals surface area (Å²) in [7, 11) is 0. The van der Waals surface area contributed by atoms with Gasteiger partial charge in [0, 0.05) is 23.4 Å². The molecule has 0 radical (unpaired) electrons. The summed E-state index contributed by atoms with van der Waals surface area (Å²) in [4.78, 5) is 25.3. The summed E-state index contributed by atoms with van der Waals surface area (Å²) in [6.07, 6.45) is 4.30. The number of benzene rings is 1. The summed E-state index contributed by atoms with van der Waals surface area (Å²) in [6.45, 7) is 0.256. The van der Waals surface area contributed by atoms with Crippen LogP contribution in [0.4, 0.5) is 5.00 Å². The molecule has 0 fully saturated rings. The molecule has 1 aromatic heterocycles. The van der Waals surface area contributed by atoms with Crippen molar-refractivity contribution >= 4 is 28.2 Å². The van der Waals surface area contributed by atoms with Gasteiger partial charge in [0.25, 0.3) is 5.91 Å². The third kappa shape index (κ3) is 4.06. The van der Waals surface area contributed by atoms with Gasteiger partial charge in [-0.25, -0.2) is 0 Å². The van der Waals surface area contributed by atoms with Crippen molar-refractivity contribution in [1.29, 1.82) is 5.26 Å². The van der Waals surface area contributed by atoms with Gasteiger partial charge in [0.15, 0.2) is 0 Å². The second-order valence-electron chi connectivity index (χ2n) is 5.95. The van der Waals surface area contributed by atoms with E-state index in [2.05, 4.69) is 16.7 Å². The lowest BCUT2D eigenvalue weighted by molar-refractivity contribution is -0.116. The third-order valence-corrected chi connectivity index (χ3v) is 5.42. The molecule has 128 valence electrons. The largest absolute Gasteiger partial charge is 0.352 e. The van der Waals surface area contributed by atoms with Crippen LogP contribution < -0.4 is 10.6 Å². The monoisotopic (exact) mass is 353 g/mol. The fourth-order valence-electron chi connectivity index (χ4n) is 2.94. The van der Waals surface area contributed by atoms with Crippen LogP contribution in [0.25, 0.3) is 0 Å². The predicted molar refractivity (Wildman–Crippen MR) is 97.7 cm³/mol. The van der Waals surface area contributed by atoms with E-state index in [1.807, 2.05) is 6.07 Å². The van der Waals surface area contributed by atoms with Gasteiger partial charge in [-0.15, -0.1) is 11.3 Å². The Balaban J connectivity index is 1.54. The van der Waals surface area contributed by atoms with E-state index in [4.69, 9.17) is 0 Å². The highest BCUT2D eigenvalue weighted by Gasteiger charge is 2.21. The molecule has 0 saturated heterocycles. The number of anilines is 1. The van der Waals surface area contributed by atoms with Crippen LogP contribution >= 0.6 is 11.3 Å². The minimum atomic E-state index is -0.197. The Morgan fingerprint density at radius 1 is 1.16 bits per heavy atom. The molecule has 25 heavy (non-hydrogen) atoms. The van der Waals surface area contributed by atoms with Gasteiger partial charge in [-0.2, -0.15) is 5.26 Å². The van der Waals surface area contributed by atoms with Crippen LogP contribution in [0.2, 0.25) is 0 Å². The highest BCUT2D eigenvalue weighted by molar-refractivity contribution is 7.16. The quantitative estimate of drug-likeness (QED) is 0.865. The second-order valence-corrected chi connectivity index (χ2v) is 7.05. The number of aryl methyl sites for hydroxylation is 1. The first-order valence-corrected chi connectivity index (χ1v) is 9.18. The number of thiophene rings is 1. The van der Waals surface area contributed by atoms with Crippen molar-refractivity contribution in [2.75, 3.05) is 11.9 Å². The highest BCUT2D eigenvalue weighted by Crippen LogP contribution is 2.37. The third-order valence-electron chi connectivity index (χ3n) is 4.21. The molecule has 1 aliphatic carbocycles. The van der Waals surface area contributed by atoms with E-state index in [1.165, 1.54) is 16.2 Å². The van der Waals surface area contributed by atoms with Crippen molar-refractivity contribution < 1.29 is 9.59 Å². The van der Waals surface area contributed by atoms with Crippen LogP contribution in [-0.4, -0.2) is 18.4 Å². The molecule has 0 saturated carbocycles. The number of nitrogens with one attached hydrogen (secondary N) is 2. The van der Waals surface area contributed by atoms with Crippen LogP contribution in [0.5, 0.6) is 0 Å². The molecule has 1 aromatic carbocycles. The fourth-order valence-corrected chi connectivity index (χ4v) is 4.20. The van der Waals surface area contributed by atoms with Crippen LogP contribution in [-0.2, 0) is 17.6 Å². The molecule has 5 nitrogen and oxygen atoms in total. The molecule has 0 bridgehead atoms. The van der Waals surface area contributed by atoms with Gasteiger partial charge < -0.3 is 10.6 Å². The van der Waals surface area contributed by atoms with Gasteiger partial charge in [-0.1, -0.05) is 18.2 Å². The van der Waals surface area contributed by atoms with Crippen molar-refractivity contribution in [3.63, 3.8) is 0 Å². The molecule has 0 atom stereocenters. The normalized spacial score (nSPS) is 12.8. The summed E-state index contributed by atoms with van der Waals surface area (Å²) in [6, 6.07) is 11.1. The topological polar surface area (TPSA) is 82.0 Å². The first kappa shape index (κ1) is 17.2. The molecule has 0 spiro atoms. The van der Waals surface area contributed by atoms with E-state index >= 15 is 0 Å². The number of nitriles is 1. The van der Waals surface area contributed by atoms with Crippen LogP contribution in [0, 0.1) is 11.3 Å². The first-order valence-electron chi connectivity index (χ1n) is 8.37. The first-order chi connectivity index (χ1) is 12.2. The molecule has 6 heteroatoms. The van der Waals surface area contributed by atoms with E-state index in [0.29, 0.717) is 16.1 Å². The number of rotatable bonds is 5. The number of amides is 2. The van der Waals surface area contributed by atoms with Crippen LogP contribution in [0.3, 0.4) is 0 Å². The highest BCUT2D eigenvalue weighted by atomic mass is 32.1. The molecule has 2 aromatic rings. The maximum Gasteiger partial charge on any atom is 0.251 e. The lowest BCUT2D eigenvalue weighted by atomic mass is 9.96. The van der Waals surface area contributed by atoms with Gasteiger partial charge in [-0.3, -0.25) is 9.59 Å². The van der Waals surface area contributed by atoms with Crippen molar-refractivity contribution in [1.82, 2.24) is 5.32 Å². The van der Waals surface area contributed by atoms with Gasteiger partial charge in [0.2, 0.25) is 5.91 Å². The lowest BCUT2D eigenvalue weighted by Crippen LogP contribution is -2.27. The molecular weight excluding hydrogens is 334 g/mol. The number of nitrogens with zero attached hydrogens (tertiary/aromatic N) is 1. The number of carbonyl (C=O) groups excluding carboxylic acids is 2. The number of hydrogen-bond acceptors (Lipinski definition) is 4. The second kappa shape index (κ2) is 7.95. The van der Waals surface area contributed by atoms with Crippen molar-refractivity contribution in [2.45, 2.75) is 32.1 Å². The van der Waals surface area contributed by atoms with E-state index in [0.717, 1.165) is 31.2 Å². The SMILES string of the molecule is N#Cc1c(NC(=O)CCNC(=O)c2ccccc2)sc2c1CCCC2. The minimum Gasteiger partial charge on any atom is -0.352 e. The van der Waals surface area contributed by atoms with E-state index in [-0.39, 0.29) is 24.8 Å². The Morgan fingerprint density at radius 3 is 2.68 bits per heavy atom. The standard InChI is InChI=1S/C19H19N3O2S/c20-12-15-14-8-4-5-9-16(14)25-19(15)22-17(23)10-11-21-18(24)13-6-2-1-3-7-13/h1-3,6-7H,4-5,8-11H2,(H,21,24)(H,22,23). The molecule has 0 aliphatic heterocycles. The van der Waals surface area contributed by atoms with Gasteiger partial charge >= 0.3 is 0 Å². The summed E-state index contributed by atoms with van der Waals surface area (Å²) in [5.74, 6) is -0.388. The smallest absolute Gasteiger partial charge is 0.251 e. The number of hydrogen-bond donors (Lipinski definition) is 2. The minimum absolute atomic E-state index is 0.173. The summed E-state index contributed by atoms with van der Waals surface area (Å²) in [5, 5.41) is 15.6.